The van der Waals surface area contributed by atoms with Gasteiger partial charge in [-0.25, -0.2) is 10.2 Å². The Labute approximate surface area is 138 Å². The van der Waals surface area contributed by atoms with Gasteiger partial charge >= 0.3 is 0 Å². The Kier molecular flexibility index (Phi) is 4.23. The van der Waals surface area contributed by atoms with Gasteiger partial charge in [-0.3, -0.25) is 15.2 Å². The Morgan fingerprint density at radius 2 is 2.00 bits per heavy atom. The number of fused-ring (bicyclic) bond motifs is 1. The van der Waals surface area contributed by atoms with Crippen molar-refractivity contribution in [3.63, 3.8) is 0 Å². The quantitative estimate of drug-likeness (QED) is 0.314. The molecule has 0 unspecified atom stereocenters. The molecule has 0 aliphatic carbocycles. The van der Waals surface area contributed by atoms with Crippen LogP contribution in [0, 0.1) is 24.6 Å². The summed E-state index contributed by atoms with van der Waals surface area (Å²) >= 11 is 0. The second-order valence-corrected chi connectivity index (χ2v) is 5.31. The topological polar surface area (TPSA) is 68.0 Å². The first-order valence-corrected chi connectivity index (χ1v) is 7.26. The molecule has 0 radical (unpaired) electrons. The molecule has 0 spiro atoms. The monoisotopic (exact) mass is 319 g/mol. The minimum Gasteiger partial charge on any atom is -0.290 e. The molecule has 0 atom stereocenters. The van der Waals surface area contributed by atoms with Gasteiger partial charge in [0.25, 0.3) is 5.91 Å². The molecule has 0 aliphatic rings. The molecule has 0 aliphatic heterocycles. The first-order valence-electron chi connectivity index (χ1n) is 7.26. The number of carbonyl (C=O) groups is 1. The number of aromatic nitrogens is 1. The van der Waals surface area contributed by atoms with Gasteiger partial charge in [-0.15, -0.1) is 0 Å². The summed E-state index contributed by atoms with van der Waals surface area (Å²) in [7, 11) is 0. The SMILES string of the molecule is Cc1ccc(C(=O)NN)cc1C#Cc1cnc2ccc(F)cc2c1. The molecular formula is C19H14FN3O. The van der Waals surface area contributed by atoms with Crippen LogP contribution in [-0.2, 0) is 0 Å². The predicted molar refractivity (Wildman–Crippen MR) is 90.5 cm³/mol. The van der Waals surface area contributed by atoms with Crippen LogP contribution in [0.25, 0.3) is 10.9 Å². The Balaban J connectivity index is 1.99. The van der Waals surface area contributed by atoms with Crippen molar-refractivity contribution in [3.05, 3.63) is 76.7 Å². The summed E-state index contributed by atoms with van der Waals surface area (Å²) in [6.07, 6.45) is 1.64. The van der Waals surface area contributed by atoms with E-state index in [1.165, 1.54) is 12.1 Å². The number of nitrogen functional groups attached to an aromatic ring is 1. The third-order valence-corrected chi connectivity index (χ3v) is 3.62. The highest BCUT2D eigenvalue weighted by Crippen LogP contribution is 2.15. The van der Waals surface area contributed by atoms with E-state index in [4.69, 9.17) is 5.84 Å². The molecule has 3 rings (SSSR count). The van der Waals surface area contributed by atoms with Gasteiger partial charge in [0.15, 0.2) is 0 Å². The van der Waals surface area contributed by atoms with Crippen LogP contribution >= 0.6 is 0 Å². The fraction of sp³-hybridized carbons (Fsp3) is 0.0526. The second-order valence-electron chi connectivity index (χ2n) is 5.31. The summed E-state index contributed by atoms with van der Waals surface area (Å²) in [5.74, 6) is 10.5. The van der Waals surface area contributed by atoms with E-state index in [2.05, 4.69) is 22.3 Å². The van der Waals surface area contributed by atoms with Crippen molar-refractivity contribution in [2.24, 2.45) is 5.84 Å². The standard InChI is InChI=1S/C19H14FN3O/c1-12-2-4-15(19(24)23-21)9-14(12)5-3-13-8-16-10-17(20)6-7-18(16)22-11-13/h2,4,6-11H,21H2,1H3,(H,23,24). The number of pyridine rings is 1. The maximum atomic E-state index is 13.3. The van der Waals surface area contributed by atoms with Gasteiger partial charge in [0.1, 0.15) is 5.82 Å². The van der Waals surface area contributed by atoms with Crippen molar-refractivity contribution in [2.75, 3.05) is 0 Å². The normalized spacial score (nSPS) is 10.1. The van der Waals surface area contributed by atoms with Crippen LogP contribution in [0.4, 0.5) is 4.39 Å². The van der Waals surface area contributed by atoms with Gasteiger partial charge in [-0.1, -0.05) is 17.9 Å². The van der Waals surface area contributed by atoms with Gasteiger partial charge in [0.05, 0.1) is 5.52 Å². The molecule has 4 nitrogen and oxygen atoms in total. The smallest absolute Gasteiger partial charge is 0.265 e. The first-order chi connectivity index (χ1) is 11.6. The third kappa shape index (κ3) is 3.24. The van der Waals surface area contributed by atoms with Crippen LogP contribution in [-0.4, -0.2) is 10.9 Å². The number of nitrogens with zero attached hydrogens (tertiary/aromatic N) is 1. The Bertz CT molecular complexity index is 1000. The largest absolute Gasteiger partial charge is 0.290 e. The van der Waals surface area contributed by atoms with E-state index in [1.54, 1.807) is 30.5 Å². The Hall–Kier alpha value is -3.23. The van der Waals surface area contributed by atoms with Gasteiger partial charge in [-0.05, 0) is 48.9 Å². The highest BCUT2D eigenvalue weighted by atomic mass is 19.1. The van der Waals surface area contributed by atoms with Crippen molar-refractivity contribution in [1.82, 2.24) is 10.4 Å². The second kappa shape index (κ2) is 6.49. The lowest BCUT2D eigenvalue weighted by Crippen LogP contribution is -2.30. The lowest BCUT2D eigenvalue weighted by atomic mass is 10.0. The van der Waals surface area contributed by atoms with Crippen LogP contribution in [0.5, 0.6) is 0 Å². The number of benzene rings is 2. The average Bonchev–Trinajstić information content (AvgIpc) is 2.60. The summed E-state index contributed by atoms with van der Waals surface area (Å²) in [6.45, 7) is 1.90. The van der Waals surface area contributed by atoms with Gasteiger partial charge in [0.2, 0.25) is 0 Å². The van der Waals surface area contributed by atoms with Crippen LogP contribution in [0.15, 0.2) is 48.7 Å². The van der Waals surface area contributed by atoms with Crippen LogP contribution in [0.1, 0.15) is 27.0 Å². The average molecular weight is 319 g/mol. The minimum atomic E-state index is -0.374. The number of aryl methyl sites for hydroxylation is 1. The molecule has 3 N–H and O–H groups in total. The Morgan fingerprint density at radius 3 is 2.79 bits per heavy atom. The molecular weight excluding hydrogens is 305 g/mol. The zero-order valence-electron chi connectivity index (χ0n) is 12.9. The fourth-order valence-corrected chi connectivity index (χ4v) is 2.29. The predicted octanol–water partition coefficient (Wildman–Crippen LogP) is 2.69. The fourth-order valence-electron chi connectivity index (χ4n) is 2.29. The summed E-state index contributed by atoms with van der Waals surface area (Å²) in [6, 6.07) is 11.4. The molecule has 1 amide bonds. The molecule has 2 aromatic carbocycles. The summed E-state index contributed by atoms with van der Waals surface area (Å²) < 4.78 is 13.3. The van der Waals surface area contributed by atoms with Crippen molar-refractivity contribution < 1.29 is 9.18 Å². The van der Waals surface area contributed by atoms with Crippen molar-refractivity contribution in [1.29, 1.82) is 0 Å². The van der Waals surface area contributed by atoms with Crippen molar-refractivity contribution >= 4 is 16.8 Å². The zero-order chi connectivity index (χ0) is 17.1. The lowest BCUT2D eigenvalue weighted by Gasteiger charge is -2.03. The number of nitrogens with two attached hydrogens (primary N) is 1. The van der Waals surface area contributed by atoms with Gasteiger partial charge < -0.3 is 0 Å². The van der Waals surface area contributed by atoms with Crippen LogP contribution in [0.3, 0.4) is 0 Å². The Morgan fingerprint density at radius 1 is 1.17 bits per heavy atom. The number of carbonyl (C=O) groups excluding carboxylic acids is 1. The zero-order valence-corrected chi connectivity index (χ0v) is 12.9. The molecule has 3 aromatic rings. The minimum absolute atomic E-state index is 0.314. The van der Waals surface area contributed by atoms with E-state index < -0.39 is 0 Å². The molecule has 0 fully saturated rings. The number of hydrogen-bond donors (Lipinski definition) is 2. The van der Waals surface area contributed by atoms with E-state index in [1.807, 2.05) is 13.0 Å². The van der Waals surface area contributed by atoms with Crippen LogP contribution < -0.4 is 11.3 Å². The number of halogens is 1. The number of amides is 1. The van der Waals surface area contributed by atoms with E-state index >= 15 is 0 Å². The van der Waals surface area contributed by atoms with E-state index in [-0.39, 0.29) is 11.7 Å². The molecule has 24 heavy (non-hydrogen) atoms. The highest BCUT2D eigenvalue weighted by molar-refractivity contribution is 5.94. The lowest BCUT2D eigenvalue weighted by molar-refractivity contribution is 0.0953. The maximum absolute atomic E-state index is 13.3. The number of nitrogens with one attached hydrogen (secondary N) is 1. The van der Waals surface area contributed by atoms with Crippen LogP contribution in [0.2, 0.25) is 0 Å². The summed E-state index contributed by atoms with van der Waals surface area (Å²) in [4.78, 5) is 15.9. The molecule has 1 heterocycles. The molecule has 1 aromatic heterocycles. The summed E-state index contributed by atoms with van der Waals surface area (Å²) in [5.41, 5.74) is 5.57. The molecule has 118 valence electrons. The highest BCUT2D eigenvalue weighted by Gasteiger charge is 2.05. The van der Waals surface area contributed by atoms with E-state index in [0.29, 0.717) is 22.0 Å². The number of hydrazine groups is 1. The van der Waals surface area contributed by atoms with Crippen molar-refractivity contribution in [2.45, 2.75) is 6.92 Å². The number of hydrogen-bond acceptors (Lipinski definition) is 3. The molecule has 5 heteroatoms. The van der Waals surface area contributed by atoms with Gasteiger partial charge in [-0.2, -0.15) is 0 Å². The van der Waals surface area contributed by atoms with Crippen molar-refractivity contribution in [3.8, 4) is 11.8 Å². The number of rotatable bonds is 1. The molecule has 0 saturated heterocycles. The maximum Gasteiger partial charge on any atom is 0.265 e. The van der Waals surface area contributed by atoms with E-state index in [0.717, 1.165) is 11.1 Å². The molecule has 0 saturated carbocycles. The third-order valence-electron chi connectivity index (χ3n) is 3.62. The summed E-state index contributed by atoms with van der Waals surface area (Å²) in [5, 5.41) is 0.690. The van der Waals surface area contributed by atoms with E-state index in [9.17, 15) is 9.18 Å². The first kappa shape index (κ1) is 15.7. The molecule has 0 bridgehead atoms. The van der Waals surface area contributed by atoms with Gasteiger partial charge in [0, 0.05) is 28.3 Å².